The van der Waals surface area contributed by atoms with Gasteiger partial charge < -0.3 is 15.0 Å². The molecule has 2 N–H and O–H groups in total. The highest BCUT2D eigenvalue weighted by atomic mass is 35.5. The fourth-order valence-electron chi connectivity index (χ4n) is 3.57. The van der Waals surface area contributed by atoms with E-state index in [4.69, 9.17) is 23.2 Å². The number of nitrogens with one attached hydrogen (secondary N) is 1. The fraction of sp³-hybridized carbons (Fsp3) is 0.250. The van der Waals surface area contributed by atoms with Gasteiger partial charge in [0.15, 0.2) is 0 Å². The van der Waals surface area contributed by atoms with E-state index in [9.17, 15) is 9.90 Å². The van der Waals surface area contributed by atoms with Crippen molar-refractivity contribution >= 4 is 40.0 Å². The molecule has 134 valence electrons. The van der Waals surface area contributed by atoms with E-state index in [1.165, 1.54) is 0 Å². The van der Waals surface area contributed by atoms with Crippen LogP contribution >= 0.6 is 23.2 Å². The number of benzene rings is 2. The Hall–Kier alpha value is -2.01. The second kappa shape index (κ2) is 6.62. The number of H-pyrrole nitrogens is 1. The fourth-order valence-corrected chi connectivity index (χ4v) is 3.87. The summed E-state index contributed by atoms with van der Waals surface area (Å²) in [5.74, 6) is -0.0308. The van der Waals surface area contributed by atoms with Gasteiger partial charge in [-0.05, 0) is 42.7 Å². The van der Waals surface area contributed by atoms with Gasteiger partial charge in [0.1, 0.15) is 0 Å². The van der Waals surface area contributed by atoms with Crippen molar-refractivity contribution in [2.24, 2.45) is 0 Å². The minimum Gasteiger partial charge on any atom is -0.385 e. The largest absolute Gasteiger partial charge is 0.385 e. The number of amides is 1. The predicted molar refractivity (Wildman–Crippen MR) is 104 cm³/mol. The molecule has 1 amide bonds. The summed E-state index contributed by atoms with van der Waals surface area (Å²) in [7, 11) is 0. The molecular formula is C20H18Cl2N2O2. The molecule has 0 spiro atoms. The first-order chi connectivity index (χ1) is 12.5. The minimum absolute atomic E-state index is 0.0308. The summed E-state index contributed by atoms with van der Waals surface area (Å²) in [6.45, 7) is 0.996. The molecule has 0 radical (unpaired) electrons. The van der Waals surface area contributed by atoms with Gasteiger partial charge in [0.05, 0.1) is 11.2 Å². The molecule has 1 saturated heterocycles. The molecule has 2 heterocycles. The van der Waals surface area contributed by atoms with E-state index in [1.54, 1.807) is 29.3 Å². The van der Waals surface area contributed by atoms with Crippen LogP contribution in [0.25, 0.3) is 10.9 Å². The molecular weight excluding hydrogens is 371 g/mol. The van der Waals surface area contributed by atoms with Gasteiger partial charge in [0.2, 0.25) is 0 Å². The molecule has 26 heavy (non-hydrogen) atoms. The Labute approximate surface area is 161 Å². The summed E-state index contributed by atoms with van der Waals surface area (Å²) < 4.78 is 0. The lowest BCUT2D eigenvalue weighted by Gasteiger charge is -2.38. The Kier molecular flexibility index (Phi) is 4.43. The highest BCUT2D eigenvalue weighted by Crippen LogP contribution is 2.34. The molecule has 1 aromatic heterocycles. The summed E-state index contributed by atoms with van der Waals surface area (Å²) >= 11 is 11.9. The van der Waals surface area contributed by atoms with Crippen molar-refractivity contribution in [3.8, 4) is 0 Å². The lowest BCUT2D eigenvalue weighted by atomic mass is 9.84. The standard InChI is InChI=1S/C20H18Cl2N2O2/c21-14-3-1-13(2-4-14)20(26)7-9-24(10-8-20)19(25)17-12-23-18-11-15(22)5-6-16(17)18/h1-6,11-12,23,26H,7-10H2. The Morgan fingerprint density at radius 3 is 2.38 bits per heavy atom. The quantitative estimate of drug-likeness (QED) is 0.673. The molecule has 0 unspecified atom stereocenters. The molecule has 3 aromatic rings. The van der Waals surface area contributed by atoms with Crippen LogP contribution in [-0.2, 0) is 5.60 Å². The first-order valence-corrected chi connectivity index (χ1v) is 9.26. The number of aromatic amines is 1. The number of fused-ring (bicyclic) bond motifs is 1. The smallest absolute Gasteiger partial charge is 0.256 e. The average molecular weight is 389 g/mol. The van der Waals surface area contributed by atoms with E-state index in [-0.39, 0.29) is 5.91 Å². The van der Waals surface area contributed by atoms with Crippen molar-refractivity contribution in [2.45, 2.75) is 18.4 Å². The second-order valence-corrected chi connectivity index (χ2v) is 7.60. The normalized spacial score (nSPS) is 16.8. The highest BCUT2D eigenvalue weighted by Gasteiger charge is 2.36. The molecule has 4 nitrogen and oxygen atoms in total. The van der Waals surface area contributed by atoms with Crippen LogP contribution in [0.1, 0.15) is 28.8 Å². The van der Waals surface area contributed by atoms with Crippen LogP contribution in [0.4, 0.5) is 0 Å². The van der Waals surface area contributed by atoms with Crippen LogP contribution in [0, 0.1) is 0 Å². The number of rotatable bonds is 2. The molecule has 1 fully saturated rings. The number of aromatic nitrogens is 1. The maximum absolute atomic E-state index is 12.9. The summed E-state index contributed by atoms with van der Waals surface area (Å²) in [6.07, 6.45) is 2.71. The summed E-state index contributed by atoms with van der Waals surface area (Å²) in [5, 5.41) is 13.1. The maximum Gasteiger partial charge on any atom is 0.256 e. The van der Waals surface area contributed by atoms with Crippen LogP contribution in [0.15, 0.2) is 48.7 Å². The number of carbonyl (C=O) groups is 1. The second-order valence-electron chi connectivity index (χ2n) is 6.72. The van der Waals surface area contributed by atoms with E-state index in [1.807, 2.05) is 24.3 Å². The molecule has 1 aliphatic heterocycles. The maximum atomic E-state index is 12.9. The number of nitrogens with zero attached hydrogens (tertiary/aromatic N) is 1. The Morgan fingerprint density at radius 1 is 1.04 bits per heavy atom. The van der Waals surface area contributed by atoms with Crippen molar-refractivity contribution in [1.29, 1.82) is 0 Å². The van der Waals surface area contributed by atoms with Gasteiger partial charge in [-0.3, -0.25) is 4.79 Å². The number of piperidine rings is 1. The van der Waals surface area contributed by atoms with E-state index in [2.05, 4.69) is 4.98 Å². The topological polar surface area (TPSA) is 56.3 Å². The number of halogens is 2. The Bertz CT molecular complexity index is 958. The van der Waals surface area contributed by atoms with Crippen LogP contribution in [0.3, 0.4) is 0 Å². The molecule has 0 saturated carbocycles. The van der Waals surface area contributed by atoms with Crippen LogP contribution in [0.5, 0.6) is 0 Å². The van der Waals surface area contributed by atoms with Crippen LogP contribution in [0.2, 0.25) is 10.0 Å². The highest BCUT2D eigenvalue weighted by molar-refractivity contribution is 6.31. The van der Waals surface area contributed by atoms with Gasteiger partial charge in [0.25, 0.3) is 5.91 Å². The van der Waals surface area contributed by atoms with Gasteiger partial charge in [-0.2, -0.15) is 0 Å². The number of carbonyl (C=O) groups excluding carboxylic acids is 1. The zero-order chi connectivity index (χ0) is 18.3. The van der Waals surface area contributed by atoms with Crippen molar-refractivity contribution in [3.63, 3.8) is 0 Å². The lowest BCUT2D eigenvalue weighted by Crippen LogP contribution is -2.45. The summed E-state index contributed by atoms with van der Waals surface area (Å²) in [4.78, 5) is 17.8. The van der Waals surface area contributed by atoms with Crippen LogP contribution < -0.4 is 0 Å². The Balaban J connectivity index is 1.52. The summed E-state index contributed by atoms with van der Waals surface area (Å²) in [6, 6.07) is 12.7. The number of likely N-dealkylation sites (tertiary alicyclic amines) is 1. The molecule has 0 atom stereocenters. The number of hydrogen-bond acceptors (Lipinski definition) is 2. The third-order valence-electron chi connectivity index (χ3n) is 5.13. The van der Waals surface area contributed by atoms with Gasteiger partial charge in [-0.1, -0.05) is 41.4 Å². The SMILES string of the molecule is O=C(c1c[nH]c2cc(Cl)ccc12)N1CCC(O)(c2ccc(Cl)cc2)CC1. The number of hydrogen-bond donors (Lipinski definition) is 2. The van der Waals surface area contributed by atoms with Crippen molar-refractivity contribution in [3.05, 3.63) is 69.8 Å². The zero-order valence-corrected chi connectivity index (χ0v) is 15.5. The van der Waals surface area contributed by atoms with Crippen molar-refractivity contribution in [2.75, 3.05) is 13.1 Å². The van der Waals surface area contributed by atoms with Gasteiger partial charge in [0, 0.05) is 40.2 Å². The molecule has 2 aromatic carbocycles. The van der Waals surface area contributed by atoms with Gasteiger partial charge in [-0.15, -0.1) is 0 Å². The minimum atomic E-state index is -0.922. The predicted octanol–water partition coefficient (Wildman–Crippen LogP) is 4.60. The molecule has 0 bridgehead atoms. The lowest BCUT2D eigenvalue weighted by molar-refractivity contribution is -0.0210. The first-order valence-electron chi connectivity index (χ1n) is 8.51. The van der Waals surface area contributed by atoms with E-state index in [0.29, 0.717) is 41.5 Å². The molecule has 1 aliphatic rings. The molecule has 4 rings (SSSR count). The van der Waals surface area contributed by atoms with Crippen molar-refractivity contribution in [1.82, 2.24) is 9.88 Å². The van der Waals surface area contributed by atoms with Crippen LogP contribution in [-0.4, -0.2) is 34.0 Å². The third kappa shape index (κ3) is 3.09. The third-order valence-corrected chi connectivity index (χ3v) is 5.62. The first kappa shape index (κ1) is 17.4. The van der Waals surface area contributed by atoms with E-state index < -0.39 is 5.60 Å². The van der Waals surface area contributed by atoms with Gasteiger partial charge in [-0.25, -0.2) is 0 Å². The van der Waals surface area contributed by atoms with Crippen molar-refractivity contribution < 1.29 is 9.90 Å². The average Bonchev–Trinajstić information content (AvgIpc) is 3.05. The summed E-state index contributed by atoms with van der Waals surface area (Å²) in [5.41, 5.74) is 1.40. The Morgan fingerprint density at radius 2 is 1.69 bits per heavy atom. The van der Waals surface area contributed by atoms with E-state index in [0.717, 1.165) is 16.5 Å². The monoisotopic (exact) mass is 388 g/mol. The number of aliphatic hydroxyl groups is 1. The molecule has 6 heteroatoms. The molecule has 0 aliphatic carbocycles. The van der Waals surface area contributed by atoms with E-state index >= 15 is 0 Å². The zero-order valence-electron chi connectivity index (χ0n) is 14.0. The van der Waals surface area contributed by atoms with Gasteiger partial charge >= 0.3 is 0 Å².